The van der Waals surface area contributed by atoms with Gasteiger partial charge in [-0.1, -0.05) is 40.0 Å². The molecule has 2 aromatic heterocycles. The SMILES string of the molecule is C=C/C(=C\C(=C)OC)c1ccc2nc(NC=O)cn2n1.CC(C)C. The van der Waals surface area contributed by atoms with Crippen LogP contribution >= 0.6 is 0 Å². The third-order valence-corrected chi connectivity index (χ3v) is 2.62. The molecule has 0 atom stereocenters. The van der Waals surface area contributed by atoms with Crippen LogP contribution in [-0.2, 0) is 9.53 Å². The molecule has 0 saturated heterocycles. The van der Waals surface area contributed by atoms with Gasteiger partial charge in [0.15, 0.2) is 11.5 Å². The molecule has 6 heteroatoms. The van der Waals surface area contributed by atoms with E-state index in [2.05, 4.69) is 49.3 Å². The van der Waals surface area contributed by atoms with Crippen molar-refractivity contribution in [2.75, 3.05) is 12.4 Å². The number of carbonyl (C=O) groups excluding carboxylic acids is 1. The molecule has 2 rings (SSSR count). The zero-order valence-corrected chi connectivity index (χ0v) is 14.6. The fourth-order valence-corrected chi connectivity index (χ4v) is 1.64. The average Bonchev–Trinajstić information content (AvgIpc) is 2.93. The van der Waals surface area contributed by atoms with Gasteiger partial charge in [0.05, 0.1) is 19.0 Å². The van der Waals surface area contributed by atoms with Gasteiger partial charge in [0.2, 0.25) is 6.41 Å². The molecule has 0 aliphatic heterocycles. The number of nitrogens with one attached hydrogen (secondary N) is 1. The predicted molar refractivity (Wildman–Crippen MR) is 97.5 cm³/mol. The van der Waals surface area contributed by atoms with Crippen molar-refractivity contribution in [3.63, 3.8) is 0 Å². The van der Waals surface area contributed by atoms with Crippen LogP contribution in [0.5, 0.6) is 0 Å². The van der Waals surface area contributed by atoms with Crippen LogP contribution in [0.15, 0.2) is 49.4 Å². The highest BCUT2D eigenvalue weighted by molar-refractivity contribution is 5.74. The summed E-state index contributed by atoms with van der Waals surface area (Å²) in [4.78, 5) is 14.6. The summed E-state index contributed by atoms with van der Waals surface area (Å²) in [5.41, 5.74) is 2.10. The van der Waals surface area contributed by atoms with E-state index in [1.807, 2.05) is 6.07 Å². The van der Waals surface area contributed by atoms with Crippen LogP contribution in [-0.4, -0.2) is 28.1 Å². The summed E-state index contributed by atoms with van der Waals surface area (Å²) in [6.07, 6.45) is 5.60. The Morgan fingerprint density at radius 2 is 2.04 bits per heavy atom. The quantitative estimate of drug-likeness (QED) is 0.499. The van der Waals surface area contributed by atoms with Crippen molar-refractivity contribution in [1.29, 1.82) is 0 Å². The van der Waals surface area contributed by atoms with E-state index in [-0.39, 0.29) is 0 Å². The number of methoxy groups -OCH3 is 1. The zero-order chi connectivity index (χ0) is 18.1. The normalized spacial score (nSPS) is 10.8. The molecule has 0 aliphatic carbocycles. The monoisotopic (exact) mass is 328 g/mol. The lowest BCUT2D eigenvalue weighted by atomic mass is 10.1. The first-order chi connectivity index (χ1) is 11.4. The Morgan fingerprint density at radius 1 is 1.38 bits per heavy atom. The van der Waals surface area contributed by atoms with Crippen LogP contribution in [0.4, 0.5) is 5.82 Å². The molecule has 0 aliphatic rings. The highest BCUT2D eigenvalue weighted by Crippen LogP contribution is 2.17. The molecule has 1 amide bonds. The molecule has 0 saturated carbocycles. The number of aromatic nitrogens is 3. The second-order valence-electron chi connectivity index (χ2n) is 5.62. The molecule has 0 aromatic carbocycles. The lowest BCUT2D eigenvalue weighted by Crippen LogP contribution is -1.96. The van der Waals surface area contributed by atoms with E-state index in [4.69, 9.17) is 4.74 Å². The van der Waals surface area contributed by atoms with Crippen molar-refractivity contribution < 1.29 is 9.53 Å². The number of imidazole rings is 1. The number of allylic oxidation sites excluding steroid dienone is 3. The number of hydrogen-bond acceptors (Lipinski definition) is 4. The highest BCUT2D eigenvalue weighted by atomic mass is 16.5. The van der Waals surface area contributed by atoms with Crippen molar-refractivity contribution in [3.8, 4) is 0 Å². The number of hydrogen-bond donors (Lipinski definition) is 1. The van der Waals surface area contributed by atoms with Gasteiger partial charge in [-0.2, -0.15) is 5.10 Å². The van der Waals surface area contributed by atoms with Crippen molar-refractivity contribution in [3.05, 3.63) is 55.1 Å². The molecule has 24 heavy (non-hydrogen) atoms. The van der Waals surface area contributed by atoms with Gasteiger partial charge in [-0.15, -0.1) is 0 Å². The number of anilines is 1. The molecule has 1 N–H and O–H groups in total. The van der Waals surface area contributed by atoms with E-state index in [0.29, 0.717) is 29.3 Å². The minimum atomic E-state index is 0.440. The van der Waals surface area contributed by atoms with Crippen molar-refractivity contribution in [1.82, 2.24) is 14.6 Å². The Hall–Kier alpha value is -2.89. The van der Waals surface area contributed by atoms with Crippen LogP contribution < -0.4 is 5.32 Å². The van der Waals surface area contributed by atoms with Crippen molar-refractivity contribution in [2.24, 2.45) is 5.92 Å². The highest BCUT2D eigenvalue weighted by Gasteiger charge is 2.05. The first-order valence-electron chi connectivity index (χ1n) is 7.55. The van der Waals surface area contributed by atoms with Gasteiger partial charge in [0, 0.05) is 5.57 Å². The van der Waals surface area contributed by atoms with Crippen LogP contribution in [0.25, 0.3) is 11.2 Å². The Labute approximate surface area is 142 Å². The van der Waals surface area contributed by atoms with Crippen molar-refractivity contribution >= 4 is 23.4 Å². The molecule has 0 spiro atoms. The van der Waals surface area contributed by atoms with Gasteiger partial charge in [-0.05, 0) is 24.1 Å². The lowest BCUT2D eigenvalue weighted by molar-refractivity contribution is -0.105. The summed E-state index contributed by atoms with van der Waals surface area (Å²) in [5.74, 6) is 1.78. The van der Waals surface area contributed by atoms with Gasteiger partial charge >= 0.3 is 0 Å². The Balaban J connectivity index is 0.000000648. The average molecular weight is 328 g/mol. The van der Waals surface area contributed by atoms with Gasteiger partial charge in [-0.25, -0.2) is 9.50 Å². The van der Waals surface area contributed by atoms with Crippen LogP contribution in [0.2, 0.25) is 0 Å². The molecule has 128 valence electrons. The van der Waals surface area contributed by atoms with E-state index < -0.39 is 0 Å². The summed E-state index contributed by atoms with van der Waals surface area (Å²) in [6.45, 7) is 14.0. The fourth-order valence-electron chi connectivity index (χ4n) is 1.64. The molecule has 2 heterocycles. The van der Waals surface area contributed by atoms with Gasteiger partial charge < -0.3 is 10.1 Å². The molecule has 0 radical (unpaired) electrons. The minimum Gasteiger partial charge on any atom is -0.497 e. The summed E-state index contributed by atoms with van der Waals surface area (Å²) >= 11 is 0. The van der Waals surface area contributed by atoms with Crippen LogP contribution in [0, 0.1) is 5.92 Å². The number of ether oxygens (including phenoxy) is 1. The minimum absolute atomic E-state index is 0.440. The number of carbonyl (C=O) groups is 1. The van der Waals surface area contributed by atoms with E-state index in [0.717, 1.165) is 11.5 Å². The third kappa shape index (κ3) is 5.72. The second kappa shape index (κ2) is 9.29. The summed E-state index contributed by atoms with van der Waals surface area (Å²) in [7, 11) is 1.55. The first kappa shape index (κ1) is 19.2. The van der Waals surface area contributed by atoms with E-state index >= 15 is 0 Å². The second-order valence-corrected chi connectivity index (χ2v) is 5.62. The van der Waals surface area contributed by atoms with E-state index in [1.54, 1.807) is 36.0 Å². The zero-order valence-electron chi connectivity index (χ0n) is 14.6. The molecule has 0 fully saturated rings. The summed E-state index contributed by atoms with van der Waals surface area (Å²) in [5, 5.41) is 6.88. The molecular weight excluding hydrogens is 304 g/mol. The molecule has 6 nitrogen and oxygen atoms in total. The number of nitrogens with zero attached hydrogens (tertiary/aromatic N) is 3. The van der Waals surface area contributed by atoms with Crippen LogP contribution in [0.1, 0.15) is 26.5 Å². The fraction of sp³-hybridized carbons (Fsp3) is 0.278. The maximum atomic E-state index is 10.4. The maximum absolute atomic E-state index is 10.4. The number of fused-ring (bicyclic) bond motifs is 1. The molecule has 0 unspecified atom stereocenters. The largest absolute Gasteiger partial charge is 0.497 e. The Kier molecular flexibility index (Phi) is 7.42. The molecular formula is C18H24N4O2. The maximum Gasteiger partial charge on any atom is 0.212 e. The molecule has 0 bridgehead atoms. The van der Waals surface area contributed by atoms with Gasteiger partial charge in [0.1, 0.15) is 5.76 Å². The number of amides is 1. The predicted octanol–water partition coefficient (Wildman–Crippen LogP) is 3.69. The third-order valence-electron chi connectivity index (χ3n) is 2.62. The first-order valence-corrected chi connectivity index (χ1v) is 7.55. The van der Waals surface area contributed by atoms with E-state index in [1.165, 1.54) is 0 Å². The molecule has 2 aromatic rings. The van der Waals surface area contributed by atoms with Gasteiger partial charge in [-0.3, -0.25) is 4.79 Å². The van der Waals surface area contributed by atoms with Crippen molar-refractivity contribution in [2.45, 2.75) is 20.8 Å². The van der Waals surface area contributed by atoms with Crippen LogP contribution in [0.3, 0.4) is 0 Å². The Bertz CT molecular complexity index is 742. The lowest BCUT2D eigenvalue weighted by Gasteiger charge is -2.03. The summed E-state index contributed by atoms with van der Waals surface area (Å²) < 4.78 is 6.59. The Morgan fingerprint density at radius 3 is 2.58 bits per heavy atom. The van der Waals surface area contributed by atoms with Gasteiger partial charge in [0.25, 0.3) is 0 Å². The smallest absolute Gasteiger partial charge is 0.212 e. The standard InChI is InChI=1S/C14H14N4O2.C4H10/c1-4-11(7-10(2)20-3)12-5-6-14-16-13(15-9-19)8-18(14)17-12;1-4(2)3/h4-9H,1-2H2,3H3,(H,15,19);4H,1-3H3/b11-7+;. The number of rotatable bonds is 6. The summed E-state index contributed by atoms with van der Waals surface area (Å²) in [6, 6.07) is 3.61. The van der Waals surface area contributed by atoms with E-state index in [9.17, 15) is 4.79 Å². The topological polar surface area (TPSA) is 68.5 Å².